The van der Waals surface area contributed by atoms with Crippen molar-refractivity contribution in [3.8, 4) is 0 Å². The summed E-state index contributed by atoms with van der Waals surface area (Å²) in [5, 5.41) is 0. The zero-order valence-electron chi connectivity index (χ0n) is 7.90. The van der Waals surface area contributed by atoms with Crippen molar-refractivity contribution in [2.24, 2.45) is 0 Å². The Morgan fingerprint density at radius 1 is 1.54 bits per heavy atom. The highest BCUT2D eigenvalue weighted by molar-refractivity contribution is 5.44. The first-order valence-corrected chi connectivity index (χ1v) is 4.01. The summed E-state index contributed by atoms with van der Waals surface area (Å²) in [4.78, 5) is 9.84. The molecule has 0 aliphatic carbocycles. The molecule has 0 aliphatic heterocycles. The van der Waals surface area contributed by atoms with Crippen LogP contribution in [0.2, 0.25) is 0 Å². The second-order valence-corrected chi connectivity index (χ2v) is 2.72. The molecule has 0 saturated carbocycles. The van der Waals surface area contributed by atoms with Gasteiger partial charge in [-0.15, -0.1) is 0 Å². The summed E-state index contributed by atoms with van der Waals surface area (Å²) in [6.07, 6.45) is 1.45. The molecule has 0 aliphatic rings. The number of anilines is 2. The number of methoxy groups -OCH3 is 1. The average molecular weight is 182 g/mol. The van der Waals surface area contributed by atoms with Gasteiger partial charge in [-0.2, -0.15) is 0 Å². The number of hydrogen-bond acceptors (Lipinski definition) is 5. The molecule has 13 heavy (non-hydrogen) atoms. The van der Waals surface area contributed by atoms with Crippen LogP contribution in [0.5, 0.6) is 0 Å². The maximum atomic E-state index is 5.52. The largest absolute Gasteiger partial charge is 0.384 e. The molecule has 72 valence electrons. The molecule has 0 atom stereocenters. The van der Waals surface area contributed by atoms with Gasteiger partial charge >= 0.3 is 0 Å². The fraction of sp³-hybridized carbons (Fsp3) is 0.500. The van der Waals surface area contributed by atoms with Gasteiger partial charge in [-0.05, 0) is 0 Å². The van der Waals surface area contributed by atoms with E-state index >= 15 is 0 Å². The number of ether oxygens (including phenoxy) is 1. The zero-order valence-corrected chi connectivity index (χ0v) is 7.90. The summed E-state index contributed by atoms with van der Waals surface area (Å²) >= 11 is 0. The Bertz CT molecular complexity index is 266. The van der Waals surface area contributed by atoms with Crippen LogP contribution in [0.15, 0.2) is 12.4 Å². The molecule has 0 radical (unpaired) electrons. The van der Waals surface area contributed by atoms with Gasteiger partial charge < -0.3 is 15.4 Å². The van der Waals surface area contributed by atoms with Crippen molar-refractivity contribution in [2.75, 3.05) is 37.9 Å². The first kappa shape index (κ1) is 9.73. The van der Waals surface area contributed by atoms with Crippen molar-refractivity contribution in [2.45, 2.75) is 0 Å². The molecule has 0 amide bonds. The molecule has 0 saturated heterocycles. The van der Waals surface area contributed by atoms with Crippen LogP contribution in [-0.4, -0.2) is 37.3 Å². The molecule has 0 bridgehead atoms. The lowest BCUT2D eigenvalue weighted by atomic mass is 10.5. The number of nitrogen functional groups attached to an aromatic ring is 1. The quantitative estimate of drug-likeness (QED) is 0.717. The van der Waals surface area contributed by atoms with Crippen molar-refractivity contribution in [3.63, 3.8) is 0 Å². The third-order valence-electron chi connectivity index (χ3n) is 1.70. The second-order valence-electron chi connectivity index (χ2n) is 2.72. The summed E-state index contributed by atoms with van der Waals surface area (Å²) in [6, 6.07) is 1.73. The first-order chi connectivity index (χ1) is 6.24. The normalized spacial score (nSPS) is 10.0. The molecule has 0 fully saturated rings. The van der Waals surface area contributed by atoms with Crippen LogP contribution in [-0.2, 0) is 4.74 Å². The van der Waals surface area contributed by atoms with E-state index in [1.165, 1.54) is 6.33 Å². The summed E-state index contributed by atoms with van der Waals surface area (Å²) in [5.41, 5.74) is 5.52. The van der Waals surface area contributed by atoms with Crippen molar-refractivity contribution >= 4 is 11.6 Å². The zero-order chi connectivity index (χ0) is 9.68. The van der Waals surface area contributed by atoms with Crippen LogP contribution in [0.4, 0.5) is 11.6 Å². The van der Waals surface area contributed by atoms with Gasteiger partial charge in [0.25, 0.3) is 0 Å². The number of nitrogens with zero attached hydrogens (tertiary/aromatic N) is 3. The Hall–Kier alpha value is -1.36. The van der Waals surface area contributed by atoms with E-state index < -0.39 is 0 Å². The van der Waals surface area contributed by atoms with E-state index in [1.54, 1.807) is 13.2 Å². The summed E-state index contributed by atoms with van der Waals surface area (Å²) in [5.74, 6) is 1.29. The molecule has 1 rings (SSSR count). The number of rotatable bonds is 4. The minimum absolute atomic E-state index is 0.481. The lowest BCUT2D eigenvalue weighted by Crippen LogP contribution is -2.23. The smallest absolute Gasteiger partial charge is 0.133 e. The lowest BCUT2D eigenvalue weighted by molar-refractivity contribution is 0.206. The van der Waals surface area contributed by atoms with Crippen LogP contribution in [0.3, 0.4) is 0 Å². The Morgan fingerprint density at radius 2 is 2.31 bits per heavy atom. The number of likely N-dealkylation sites (N-methyl/N-ethyl adjacent to an activating group) is 1. The lowest BCUT2D eigenvalue weighted by Gasteiger charge is -2.16. The maximum absolute atomic E-state index is 5.52. The van der Waals surface area contributed by atoms with Crippen molar-refractivity contribution < 1.29 is 4.74 Å². The monoisotopic (exact) mass is 182 g/mol. The highest BCUT2D eigenvalue weighted by Gasteiger charge is 2.01. The first-order valence-electron chi connectivity index (χ1n) is 4.01. The predicted octanol–water partition coefficient (Wildman–Crippen LogP) is 0.141. The molecule has 1 aromatic rings. The SMILES string of the molecule is COCCN(C)c1cc(N)ncn1. The van der Waals surface area contributed by atoms with Gasteiger partial charge in [0, 0.05) is 26.8 Å². The molecule has 1 heterocycles. The standard InChI is InChI=1S/C8H14N4O/c1-12(3-4-13-2)8-5-7(9)10-6-11-8/h5-6H,3-4H2,1-2H3,(H2,9,10,11). The van der Waals surface area contributed by atoms with Gasteiger partial charge in [-0.25, -0.2) is 9.97 Å². The van der Waals surface area contributed by atoms with Crippen LogP contribution in [0.25, 0.3) is 0 Å². The summed E-state index contributed by atoms with van der Waals surface area (Å²) in [6.45, 7) is 1.45. The Balaban J connectivity index is 2.60. The van der Waals surface area contributed by atoms with Crippen LogP contribution in [0.1, 0.15) is 0 Å². The molecular weight excluding hydrogens is 168 g/mol. The molecule has 0 unspecified atom stereocenters. The van der Waals surface area contributed by atoms with Gasteiger partial charge in [-0.1, -0.05) is 0 Å². The fourth-order valence-electron chi connectivity index (χ4n) is 0.913. The maximum Gasteiger partial charge on any atom is 0.133 e. The van der Waals surface area contributed by atoms with Crippen molar-refractivity contribution in [1.29, 1.82) is 0 Å². The average Bonchev–Trinajstić information content (AvgIpc) is 2.14. The molecular formula is C8H14N4O. The predicted molar refractivity (Wildman–Crippen MR) is 51.6 cm³/mol. The van der Waals surface area contributed by atoms with Gasteiger partial charge in [0.2, 0.25) is 0 Å². The highest BCUT2D eigenvalue weighted by Crippen LogP contribution is 2.08. The second kappa shape index (κ2) is 4.61. The molecule has 0 spiro atoms. The van der Waals surface area contributed by atoms with E-state index in [4.69, 9.17) is 10.5 Å². The van der Waals surface area contributed by atoms with Gasteiger partial charge in [0.1, 0.15) is 18.0 Å². The van der Waals surface area contributed by atoms with Crippen molar-refractivity contribution in [3.05, 3.63) is 12.4 Å². The minimum Gasteiger partial charge on any atom is -0.384 e. The van der Waals surface area contributed by atoms with E-state index in [-0.39, 0.29) is 0 Å². The van der Waals surface area contributed by atoms with Gasteiger partial charge in [0.15, 0.2) is 0 Å². The van der Waals surface area contributed by atoms with Crippen LogP contribution >= 0.6 is 0 Å². The minimum atomic E-state index is 0.481. The summed E-state index contributed by atoms with van der Waals surface area (Å²) in [7, 11) is 3.60. The Labute approximate surface area is 77.5 Å². The molecule has 5 heteroatoms. The van der Waals surface area contributed by atoms with Crippen LogP contribution in [0, 0.1) is 0 Å². The van der Waals surface area contributed by atoms with Gasteiger partial charge in [-0.3, -0.25) is 0 Å². The molecule has 5 nitrogen and oxygen atoms in total. The van der Waals surface area contributed by atoms with E-state index in [9.17, 15) is 0 Å². The van der Waals surface area contributed by atoms with Crippen molar-refractivity contribution in [1.82, 2.24) is 9.97 Å². The van der Waals surface area contributed by atoms with Crippen LogP contribution < -0.4 is 10.6 Å². The topological polar surface area (TPSA) is 64.3 Å². The van der Waals surface area contributed by atoms with E-state index in [0.717, 1.165) is 12.4 Å². The Morgan fingerprint density at radius 3 is 2.92 bits per heavy atom. The van der Waals surface area contributed by atoms with E-state index in [0.29, 0.717) is 12.4 Å². The third kappa shape index (κ3) is 2.87. The fourth-order valence-corrected chi connectivity index (χ4v) is 0.913. The molecule has 0 aromatic carbocycles. The van der Waals surface area contributed by atoms with E-state index in [2.05, 4.69) is 9.97 Å². The van der Waals surface area contributed by atoms with E-state index in [1.807, 2.05) is 11.9 Å². The highest BCUT2D eigenvalue weighted by atomic mass is 16.5. The summed E-state index contributed by atoms with van der Waals surface area (Å²) < 4.78 is 4.95. The number of aromatic nitrogens is 2. The molecule has 1 aromatic heterocycles. The Kier molecular flexibility index (Phi) is 3.45. The van der Waals surface area contributed by atoms with Gasteiger partial charge in [0.05, 0.1) is 6.61 Å². The number of hydrogen-bond donors (Lipinski definition) is 1. The number of nitrogens with two attached hydrogens (primary N) is 1. The molecule has 2 N–H and O–H groups in total. The third-order valence-corrected chi connectivity index (χ3v) is 1.70.